The zero-order chi connectivity index (χ0) is 11.4. The van der Waals surface area contributed by atoms with E-state index >= 15 is 0 Å². The summed E-state index contributed by atoms with van der Waals surface area (Å²) < 4.78 is 0. The molecular weight excluding hydrogens is 226 g/mol. The molecule has 1 fully saturated rings. The predicted octanol–water partition coefficient (Wildman–Crippen LogP) is 2.09. The first-order chi connectivity index (χ1) is 7.75. The topological polar surface area (TPSA) is 58.0 Å². The summed E-state index contributed by atoms with van der Waals surface area (Å²) >= 11 is 5.68. The van der Waals surface area contributed by atoms with Crippen molar-refractivity contribution in [2.24, 2.45) is 5.92 Å². The zero-order valence-electron chi connectivity index (χ0n) is 9.06. The van der Waals surface area contributed by atoms with Gasteiger partial charge in [-0.05, 0) is 30.5 Å². The van der Waals surface area contributed by atoms with E-state index in [1.807, 2.05) is 0 Å². The van der Waals surface area contributed by atoms with E-state index in [0.29, 0.717) is 5.92 Å². The number of aliphatic hydroxyl groups is 1. The Morgan fingerprint density at radius 1 is 1.44 bits per heavy atom. The highest BCUT2D eigenvalue weighted by Gasteiger charge is 2.22. The summed E-state index contributed by atoms with van der Waals surface area (Å²) in [6, 6.07) is 1.78. The standard InChI is InChI=1S/C11H16ClN3O/c12-11-13-6-5-10(15-11)14-7-8-3-1-2-4-9(8)16/h5-6,8-9,16H,1-4,7H2,(H,13,14,15). The van der Waals surface area contributed by atoms with Gasteiger partial charge in [-0.25, -0.2) is 9.97 Å². The fourth-order valence-corrected chi connectivity index (χ4v) is 2.24. The molecule has 88 valence electrons. The first-order valence-corrected chi connectivity index (χ1v) is 6.04. The largest absolute Gasteiger partial charge is 0.393 e. The Balaban J connectivity index is 1.86. The molecule has 0 amide bonds. The number of aliphatic hydroxyl groups excluding tert-OH is 1. The molecule has 2 atom stereocenters. The van der Waals surface area contributed by atoms with Crippen LogP contribution < -0.4 is 5.32 Å². The summed E-state index contributed by atoms with van der Waals surface area (Å²) in [6.07, 6.45) is 5.77. The lowest BCUT2D eigenvalue weighted by Crippen LogP contribution is -2.30. The van der Waals surface area contributed by atoms with Gasteiger partial charge in [-0.1, -0.05) is 12.8 Å². The smallest absolute Gasteiger partial charge is 0.224 e. The molecule has 1 heterocycles. The highest BCUT2D eigenvalue weighted by Crippen LogP contribution is 2.24. The quantitative estimate of drug-likeness (QED) is 0.796. The van der Waals surface area contributed by atoms with Crippen molar-refractivity contribution in [1.29, 1.82) is 0 Å². The molecular formula is C11H16ClN3O. The van der Waals surface area contributed by atoms with Gasteiger partial charge in [-0.2, -0.15) is 0 Å². The summed E-state index contributed by atoms with van der Waals surface area (Å²) in [4.78, 5) is 7.86. The second-order valence-electron chi connectivity index (χ2n) is 4.20. The molecule has 0 aromatic carbocycles. The average molecular weight is 242 g/mol. The van der Waals surface area contributed by atoms with Crippen LogP contribution in [0, 0.1) is 5.92 Å². The zero-order valence-corrected chi connectivity index (χ0v) is 9.82. The van der Waals surface area contributed by atoms with Gasteiger partial charge in [-0.3, -0.25) is 0 Å². The summed E-state index contributed by atoms with van der Waals surface area (Å²) in [5.74, 6) is 1.04. The van der Waals surface area contributed by atoms with Gasteiger partial charge in [0.05, 0.1) is 6.10 Å². The van der Waals surface area contributed by atoms with E-state index in [1.165, 1.54) is 6.42 Å². The van der Waals surface area contributed by atoms with Crippen LogP contribution in [0.1, 0.15) is 25.7 Å². The number of halogens is 1. The van der Waals surface area contributed by atoms with Crippen LogP contribution in [0.4, 0.5) is 5.82 Å². The molecule has 0 saturated heterocycles. The Kier molecular flexibility index (Phi) is 3.96. The molecule has 1 aliphatic carbocycles. The van der Waals surface area contributed by atoms with E-state index in [0.717, 1.165) is 31.6 Å². The van der Waals surface area contributed by atoms with Crippen LogP contribution in [0.3, 0.4) is 0 Å². The third-order valence-electron chi connectivity index (χ3n) is 3.04. The van der Waals surface area contributed by atoms with Crippen LogP contribution in [-0.2, 0) is 0 Å². The lowest BCUT2D eigenvalue weighted by molar-refractivity contribution is 0.0763. The van der Waals surface area contributed by atoms with Gasteiger partial charge in [0, 0.05) is 18.7 Å². The van der Waals surface area contributed by atoms with Gasteiger partial charge in [0.25, 0.3) is 0 Å². The maximum Gasteiger partial charge on any atom is 0.224 e. The monoisotopic (exact) mass is 241 g/mol. The number of anilines is 1. The summed E-state index contributed by atoms with van der Waals surface area (Å²) in [6.45, 7) is 0.745. The number of aromatic nitrogens is 2. The summed E-state index contributed by atoms with van der Waals surface area (Å²) in [5.41, 5.74) is 0. The fraction of sp³-hybridized carbons (Fsp3) is 0.636. The van der Waals surface area contributed by atoms with Gasteiger partial charge in [0.15, 0.2) is 0 Å². The van der Waals surface area contributed by atoms with Crippen molar-refractivity contribution in [2.45, 2.75) is 31.8 Å². The molecule has 2 rings (SSSR count). The van der Waals surface area contributed by atoms with Crippen LogP contribution in [0.25, 0.3) is 0 Å². The predicted molar refractivity (Wildman–Crippen MR) is 63.5 cm³/mol. The van der Waals surface area contributed by atoms with Crippen molar-refractivity contribution in [2.75, 3.05) is 11.9 Å². The minimum Gasteiger partial charge on any atom is -0.393 e. The van der Waals surface area contributed by atoms with Crippen molar-refractivity contribution < 1.29 is 5.11 Å². The van der Waals surface area contributed by atoms with Gasteiger partial charge in [0.1, 0.15) is 5.82 Å². The third kappa shape index (κ3) is 3.06. The van der Waals surface area contributed by atoms with Crippen LogP contribution in [0.15, 0.2) is 12.3 Å². The highest BCUT2D eigenvalue weighted by molar-refractivity contribution is 6.28. The Bertz CT molecular complexity index is 348. The molecule has 2 N–H and O–H groups in total. The molecule has 16 heavy (non-hydrogen) atoms. The Labute approximate surface area is 100 Å². The molecule has 1 aromatic heterocycles. The van der Waals surface area contributed by atoms with Gasteiger partial charge < -0.3 is 10.4 Å². The Morgan fingerprint density at radius 2 is 2.25 bits per heavy atom. The normalized spacial score (nSPS) is 25.4. The molecule has 2 unspecified atom stereocenters. The number of hydrogen-bond donors (Lipinski definition) is 2. The van der Waals surface area contributed by atoms with Gasteiger partial charge in [-0.15, -0.1) is 0 Å². The van der Waals surface area contributed by atoms with Crippen molar-refractivity contribution in [3.8, 4) is 0 Å². The molecule has 5 heteroatoms. The third-order valence-corrected chi connectivity index (χ3v) is 3.22. The number of nitrogens with one attached hydrogen (secondary N) is 1. The Morgan fingerprint density at radius 3 is 3.00 bits per heavy atom. The van der Waals surface area contributed by atoms with E-state index in [1.54, 1.807) is 12.3 Å². The summed E-state index contributed by atoms with van der Waals surface area (Å²) in [5, 5.41) is 13.2. The van der Waals surface area contributed by atoms with Crippen molar-refractivity contribution in [3.05, 3.63) is 17.5 Å². The van der Waals surface area contributed by atoms with E-state index in [4.69, 9.17) is 11.6 Å². The SMILES string of the molecule is OC1CCCCC1CNc1ccnc(Cl)n1. The van der Waals surface area contributed by atoms with Gasteiger partial charge >= 0.3 is 0 Å². The minimum absolute atomic E-state index is 0.182. The van der Waals surface area contributed by atoms with E-state index in [9.17, 15) is 5.11 Å². The van der Waals surface area contributed by atoms with Crippen LogP contribution >= 0.6 is 11.6 Å². The number of rotatable bonds is 3. The van der Waals surface area contributed by atoms with Crippen LogP contribution in [-0.4, -0.2) is 27.7 Å². The molecule has 0 bridgehead atoms. The molecule has 1 saturated carbocycles. The second kappa shape index (κ2) is 5.46. The van der Waals surface area contributed by atoms with E-state index in [-0.39, 0.29) is 11.4 Å². The van der Waals surface area contributed by atoms with Crippen molar-refractivity contribution >= 4 is 17.4 Å². The summed E-state index contributed by atoms with van der Waals surface area (Å²) in [7, 11) is 0. The molecule has 1 aromatic rings. The molecule has 0 spiro atoms. The lowest BCUT2D eigenvalue weighted by Gasteiger charge is -2.27. The molecule has 1 aliphatic rings. The number of hydrogen-bond acceptors (Lipinski definition) is 4. The fourth-order valence-electron chi connectivity index (χ4n) is 2.10. The van der Waals surface area contributed by atoms with Crippen LogP contribution in [0.5, 0.6) is 0 Å². The second-order valence-corrected chi connectivity index (χ2v) is 4.54. The Hall–Kier alpha value is -0.870. The molecule has 0 radical (unpaired) electrons. The van der Waals surface area contributed by atoms with E-state index in [2.05, 4.69) is 15.3 Å². The first kappa shape index (κ1) is 11.6. The van der Waals surface area contributed by atoms with E-state index < -0.39 is 0 Å². The molecule has 4 nitrogen and oxygen atoms in total. The maximum atomic E-state index is 9.80. The van der Waals surface area contributed by atoms with Gasteiger partial charge in [0.2, 0.25) is 5.28 Å². The van der Waals surface area contributed by atoms with Crippen LogP contribution in [0.2, 0.25) is 5.28 Å². The molecule has 0 aliphatic heterocycles. The first-order valence-electron chi connectivity index (χ1n) is 5.66. The maximum absolute atomic E-state index is 9.80. The highest BCUT2D eigenvalue weighted by atomic mass is 35.5. The minimum atomic E-state index is -0.182. The van der Waals surface area contributed by atoms with Crippen molar-refractivity contribution in [3.63, 3.8) is 0 Å². The van der Waals surface area contributed by atoms with Crippen molar-refractivity contribution in [1.82, 2.24) is 9.97 Å². The average Bonchev–Trinajstić information content (AvgIpc) is 2.28. The number of nitrogens with zero attached hydrogens (tertiary/aromatic N) is 2. The lowest BCUT2D eigenvalue weighted by atomic mass is 9.86.